The van der Waals surface area contributed by atoms with Crippen molar-refractivity contribution < 1.29 is 19.3 Å². The molecule has 0 atom stereocenters. The van der Waals surface area contributed by atoms with Crippen LogP contribution in [0.1, 0.15) is 5.56 Å². The number of methoxy groups -OCH3 is 3. The van der Waals surface area contributed by atoms with Crippen LogP contribution in [0.25, 0.3) is 5.69 Å². The number of aromatic hydroxyl groups is 1. The highest BCUT2D eigenvalue weighted by Crippen LogP contribution is 2.38. The van der Waals surface area contributed by atoms with Crippen LogP contribution in [0.5, 0.6) is 23.1 Å². The first-order valence-electron chi connectivity index (χ1n) is 8.05. The van der Waals surface area contributed by atoms with Gasteiger partial charge in [-0.15, -0.1) is 0 Å². The topological polar surface area (TPSA) is 57.8 Å². The van der Waals surface area contributed by atoms with E-state index in [1.54, 1.807) is 44.2 Å². The molecule has 0 radical (unpaired) electrons. The van der Waals surface area contributed by atoms with Crippen LogP contribution < -0.4 is 14.2 Å². The molecule has 0 fully saturated rings. The summed E-state index contributed by atoms with van der Waals surface area (Å²) in [5.74, 6) is 1.62. The molecule has 6 nitrogen and oxygen atoms in total. The van der Waals surface area contributed by atoms with E-state index in [9.17, 15) is 5.11 Å². The molecule has 1 heterocycles. The summed E-state index contributed by atoms with van der Waals surface area (Å²) in [6.07, 6.45) is 1.56. The summed E-state index contributed by atoms with van der Waals surface area (Å²) in [7, 11) is 4.68. The Labute approximate surface area is 167 Å². The molecular formula is C19H19ClN2O4S. The van der Waals surface area contributed by atoms with E-state index in [0.29, 0.717) is 39.3 Å². The van der Waals surface area contributed by atoms with Crippen molar-refractivity contribution in [2.24, 2.45) is 0 Å². The van der Waals surface area contributed by atoms with E-state index in [1.165, 1.54) is 4.57 Å². The second-order valence-electron chi connectivity index (χ2n) is 5.72. The highest BCUT2D eigenvalue weighted by atomic mass is 35.5. The van der Waals surface area contributed by atoms with Gasteiger partial charge in [-0.25, -0.2) is 0 Å². The lowest BCUT2D eigenvalue weighted by atomic mass is 10.2. The molecule has 1 aromatic heterocycles. The number of imidazole rings is 1. The molecule has 8 heteroatoms. The number of nitrogens with zero attached hydrogens (tertiary/aromatic N) is 2. The van der Waals surface area contributed by atoms with Crippen LogP contribution in [-0.4, -0.2) is 35.6 Å². The summed E-state index contributed by atoms with van der Waals surface area (Å²) in [5.41, 5.74) is 1.49. The Morgan fingerprint density at radius 2 is 1.67 bits per heavy atom. The fourth-order valence-corrected chi connectivity index (χ4v) is 3.40. The summed E-state index contributed by atoms with van der Waals surface area (Å²) in [4.78, 5) is 0. The third kappa shape index (κ3) is 3.61. The fraction of sp³-hybridized carbons (Fsp3) is 0.211. The highest BCUT2D eigenvalue weighted by molar-refractivity contribution is 7.71. The largest absolute Gasteiger partial charge is 0.493 e. The van der Waals surface area contributed by atoms with Crippen LogP contribution in [0, 0.1) is 4.77 Å². The van der Waals surface area contributed by atoms with Crippen molar-refractivity contribution >= 4 is 23.8 Å². The summed E-state index contributed by atoms with van der Waals surface area (Å²) in [6.45, 7) is 0.403. The van der Waals surface area contributed by atoms with Crippen molar-refractivity contribution in [2.75, 3.05) is 21.3 Å². The molecule has 142 valence electrons. The minimum atomic E-state index is 0.000502. The van der Waals surface area contributed by atoms with Crippen molar-refractivity contribution in [1.82, 2.24) is 9.13 Å². The molecular weight excluding hydrogens is 388 g/mol. The molecule has 0 amide bonds. The van der Waals surface area contributed by atoms with Crippen LogP contribution in [0.15, 0.2) is 42.6 Å². The molecule has 0 saturated heterocycles. The number of rotatable bonds is 6. The van der Waals surface area contributed by atoms with Gasteiger partial charge in [0.25, 0.3) is 0 Å². The number of benzene rings is 2. The van der Waals surface area contributed by atoms with E-state index in [0.717, 1.165) is 5.56 Å². The van der Waals surface area contributed by atoms with Gasteiger partial charge in [0.1, 0.15) is 0 Å². The van der Waals surface area contributed by atoms with Crippen molar-refractivity contribution in [3.8, 4) is 28.8 Å². The number of halogens is 1. The third-order valence-corrected chi connectivity index (χ3v) is 4.84. The maximum atomic E-state index is 10.4. The quantitative estimate of drug-likeness (QED) is 0.613. The number of para-hydroxylation sites is 1. The van der Waals surface area contributed by atoms with Gasteiger partial charge in [0.05, 0.1) is 44.8 Å². The normalized spacial score (nSPS) is 10.7. The lowest BCUT2D eigenvalue weighted by molar-refractivity contribution is 0.323. The molecule has 0 unspecified atom stereocenters. The van der Waals surface area contributed by atoms with Gasteiger partial charge in [0, 0.05) is 0 Å². The van der Waals surface area contributed by atoms with Crippen LogP contribution in [-0.2, 0) is 6.54 Å². The van der Waals surface area contributed by atoms with E-state index >= 15 is 0 Å². The summed E-state index contributed by atoms with van der Waals surface area (Å²) in [6, 6.07) is 10.9. The standard InChI is InChI=1S/C19H19ClN2O4S/c1-24-15-8-12(9-16(25-2)18(15)26-3)10-21-11-17(23)22(19(21)27)14-7-5-4-6-13(14)20/h4-9,11,23H,10H2,1-3H3. The van der Waals surface area contributed by atoms with Crippen LogP contribution in [0.3, 0.4) is 0 Å². The van der Waals surface area contributed by atoms with E-state index < -0.39 is 0 Å². The van der Waals surface area contributed by atoms with Crippen molar-refractivity contribution in [3.63, 3.8) is 0 Å². The molecule has 0 saturated carbocycles. The van der Waals surface area contributed by atoms with E-state index in [2.05, 4.69) is 0 Å². The van der Waals surface area contributed by atoms with E-state index in [1.807, 2.05) is 24.3 Å². The second-order valence-corrected chi connectivity index (χ2v) is 6.49. The Bertz CT molecular complexity index is 1000. The number of hydrogen-bond acceptors (Lipinski definition) is 5. The fourth-order valence-electron chi connectivity index (χ4n) is 2.87. The average molecular weight is 407 g/mol. The van der Waals surface area contributed by atoms with Crippen molar-refractivity contribution in [2.45, 2.75) is 6.54 Å². The van der Waals surface area contributed by atoms with Gasteiger partial charge in [-0.05, 0) is 42.0 Å². The van der Waals surface area contributed by atoms with Crippen molar-refractivity contribution in [3.05, 3.63) is 58.0 Å². The zero-order chi connectivity index (χ0) is 19.6. The third-order valence-electron chi connectivity index (χ3n) is 4.11. The predicted octanol–water partition coefficient (Wildman–Crippen LogP) is 4.44. The molecule has 3 aromatic rings. The molecule has 3 rings (SSSR count). The number of aromatic nitrogens is 2. The molecule has 0 bridgehead atoms. The Morgan fingerprint density at radius 1 is 1.04 bits per heavy atom. The molecule has 0 aliphatic rings. The van der Waals surface area contributed by atoms with E-state index in [-0.39, 0.29) is 5.88 Å². The second kappa shape index (κ2) is 7.94. The Kier molecular flexibility index (Phi) is 5.62. The number of hydrogen-bond donors (Lipinski definition) is 1. The van der Waals surface area contributed by atoms with Crippen LogP contribution >= 0.6 is 23.8 Å². The maximum absolute atomic E-state index is 10.4. The van der Waals surface area contributed by atoms with Gasteiger partial charge in [-0.1, -0.05) is 23.7 Å². The average Bonchev–Trinajstić information content (AvgIpc) is 2.94. The first kappa shape index (κ1) is 19.1. The Hall–Kier alpha value is -2.64. The lowest BCUT2D eigenvalue weighted by Crippen LogP contribution is -2.03. The molecule has 0 spiro atoms. The zero-order valence-corrected chi connectivity index (χ0v) is 16.7. The Morgan fingerprint density at radius 3 is 2.22 bits per heavy atom. The number of ether oxygens (including phenoxy) is 3. The van der Waals surface area contributed by atoms with E-state index in [4.69, 9.17) is 38.0 Å². The lowest BCUT2D eigenvalue weighted by Gasteiger charge is -2.14. The zero-order valence-electron chi connectivity index (χ0n) is 15.1. The highest BCUT2D eigenvalue weighted by Gasteiger charge is 2.16. The first-order chi connectivity index (χ1) is 13.0. The molecule has 1 N–H and O–H groups in total. The molecule has 0 aliphatic carbocycles. The molecule has 2 aromatic carbocycles. The Balaban J connectivity index is 2.04. The minimum Gasteiger partial charge on any atom is -0.493 e. The van der Waals surface area contributed by atoms with Crippen LogP contribution in [0.2, 0.25) is 5.02 Å². The summed E-state index contributed by atoms with van der Waals surface area (Å²) < 4.78 is 19.8. The first-order valence-corrected chi connectivity index (χ1v) is 8.83. The van der Waals surface area contributed by atoms with Gasteiger partial charge in [-0.3, -0.25) is 4.57 Å². The summed E-state index contributed by atoms with van der Waals surface area (Å²) in [5, 5.41) is 10.9. The van der Waals surface area contributed by atoms with Gasteiger partial charge in [0.2, 0.25) is 11.6 Å². The smallest absolute Gasteiger partial charge is 0.214 e. The summed E-state index contributed by atoms with van der Waals surface area (Å²) >= 11 is 11.8. The van der Waals surface area contributed by atoms with Gasteiger partial charge < -0.3 is 23.9 Å². The maximum Gasteiger partial charge on any atom is 0.214 e. The van der Waals surface area contributed by atoms with Crippen LogP contribution in [0.4, 0.5) is 0 Å². The monoisotopic (exact) mass is 406 g/mol. The van der Waals surface area contributed by atoms with Gasteiger partial charge >= 0.3 is 0 Å². The molecule has 27 heavy (non-hydrogen) atoms. The van der Waals surface area contributed by atoms with Gasteiger partial charge in [0.15, 0.2) is 16.3 Å². The minimum absolute atomic E-state index is 0.000502. The molecule has 0 aliphatic heterocycles. The predicted molar refractivity (Wildman–Crippen MR) is 106 cm³/mol. The van der Waals surface area contributed by atoms with Gasteiger partial charge in [-0.2, -0.15) is 0 Å². The van der Waals surface area contributed by atoms with Crippen molar-refractivity contribution in [1.29, 1.82) is 0 Å². The SMILES string of the molecule is COc1cc(Cn2cc(O)n(-c3ccccc3Cl)c2=S)cc(OC)c1OC.